The van der Waals surface area contributed by atoms with Crippen LogP contribution in [0.2, 0.25) is 0 Å². The number of carbonyl (C=O) groups is 2. The van der Waals surface area contributed by atoms with Gasteiger partial charge in [0.15, 0.2) is 0 Å². The number of piperidine rings is 1. The molecule has 2 saturated heterocycles. The van der Waals surface area contributed by atoms with E-state index in [1.54, 1.807) is 4.90 Å². The van der Waals surface area contributed by atoms with E-state index in [9.17, 15) is 9.59 Å². The van der Waals surface area contributed by atoms with Crippen molar-refractivity contribution in [1.82, 2.24) is 9.80 Å². The van der Waals surface area contributed by atoms with Crippen molar-refractivity contribution in [3.05, 3.63) is 39.2 Å². The van der Waals surface area contributed by atoms with Crippen molar-refractivity contribution in [2.24, 2.45) is 0 Å². The first-order valence-electron chi connectivity index (χ1n) is 8.33. The Morgan fingerprint density at radius 2 is 2.04 bits per heavy atom. The first kappa shape index (κ1) is 18.6. The Bertz CT molecular complexity index is 730. The van der Waals surface area contributed by atoms with Crippen LogP contribution in [0.1, 0.15) is 31.2 Å². The van der Waals surface area contributed by atoms with Crippen LogP contribution in [0, 0.1) is 0 Å². The second kappa shape index (κ2) is 8.47. The van der Waals surface area contributed by atoms with Crippen LogP contribution in [0.5, 0.6) is 0 Å². The summed E-state index contributed by atoms with van der Waals surface area (Å²) in [6.07, 6.45) is 5.51. The molecule has 0 aliphatic carbocycles. The van der Waals surface area contributed by atoms with E-state index in [1.807, 2.05) is 35.2 Å². The van der Waals surface area contributed by atoms with Crippen molar-refractivity contribution in [2.45, 2.75) is 25.7 Å². The number of hydrogen-bond donors (Lipinski definition) is 0. The van der Waals surface area contributed by atoms with E-state index in [1.165, 1.54) is 18.2 Å². The van der Waals surface area contributed by atoms with Gasteiger partial charge in [-0.15, -0.1) is 0 Å². The number of thioether (sulfide) groups is 1. The molecule has 2 amide bonds. The average molecular weight is 439 g/mol. The van der Waals surface area contributed by atoms with Gasteiger partial charge in [0, 0.05) is 30.5 Å². The van der Waals surface area contributed by atoms with Gasteiger partial charge in [0.2, 0.25) is 5.91 Å². The lowest BCUT2D eigenvalue weighted by molar-refractivity contribution is -0.132. The summed E-state index contributed by atoms with van der Waals surface area (Å²) in [5.41, 5.74) is 0.944. The molecular formula is C18H19BrN2O2S2. The van der Waals surface area contributed by atoms with E-state index in [0.29, 0.717) is 22.2 Å². The van der Waals surface area contributed by atoms with E-state index in [4.69, 9.17) is 12.2 Å². The maximum atomic E-state index is 12.6. The van der Waals surface area contributed by atoms with E-state index >= 15 is 0 Å². The number of hydrogen-bond acceptors (Lipinski definition) is 4. The molecule has 132 valence electrons. The minimum absolute atomic E-state index is 0.110. The number of nitrogens with zero attached hydrogens (tertiary/aromatic N) is 2. The van der Waals surface area contributed by atoms with Gasteiger partial charge in [-0.25, -0.2) is 0 Å². The van der Waals surface area contributed by atoms with Gasteiger partial charge in [-0.3, -0.25) is 14.5 Å². The predicted molar refractivity (Wildman–Crippen MR) is 109 cm³/mol. The van der Waals surface area contributed by atoms with Crippen LogP contribution in [0.25, 0.3) is 6.08 Å². The van der Waals surface area contributed by atoms with Gasteiger partial charge in [-0.2, -0.15) is 0 Å². The molecular weight excluding hydrogens is 420 g/mol. The lowest BCUT2D eigenvalue weighted by atomic mass is 10.1. The quantitative estimate of drug-likeness (QED) is 0.524. The minimum atomic E-state index is -0.110. The second-order valence-electron chi connectivity index (χ2n) is 6.08. The van der Waals surface area contributed by atoms with Crippen LogP contribution < -0.4 is 0 Å². The van der Waals surface area contributed by atoms with Gasteiger partial charge in [0.05, 0.1) is 4.91 Å². The molecule has 4 nitrogen and oxygen atoms in total. The summed E-state index contributed by atoms with van der Waals surface area (Å²) in [5.74, 6) is 0.00568. The normalized spacial score (nSPS) is 19.8. The zero-order valence-electron chi connectivity index (χ0n) is 13.7. The van der Waals surface area contributed by atoms with E-state index in [2.05, 4.69) is 15.9 Å². The molecule has 3 rings (SSSR count). The van der Waals surface area contributed by atoms with Crippen molar-refractivity contribution in [3.8, 4) is 0 Å². The van der Waals surface area contributed by atoms with Crippen molar-refractivity contribution < 1.29 is 9.59 Å². The van der Waals surface area contributed by atoms with Crippen LogP contribution in [0.15, 0.2) is 33.6 Å². The Hall–Kier alpha value is -1.18. The number of benzene rings is 1. The Kier molecular flexibility index (Phi) is 6.30. The Labute approximate surface area is 165 Å². The zero-order valence-corrected chi connectivity index (χ0v) is 17.0. The van der Waals surface area contributed by atoms with Crippen LogP contribution in [-0.2, 0) is 9.59 Å². The number of halogens is 1. The molecule has 0 unspecified atom stereocenters. The molecule has 2 heterocycles. The first-order chi connectivity index (χ1) is 12.0. The van der Waals surface area contributed by atoms with E-state index in [0.717, 1.165) is 36.0 Å². The maximum absolute atomic E-state index is 12.6. The molecule has 0 aromatic heterocycles. The summed E-state index contributed by atoms with van der Waals surface area (Å²) in [4.78, 5) is 29.0. The lowest BCUT2D eigenvalue weighted by Gasteiger charge is -2.27. The molecule has 25 heavy (non-hydrogen) atoms. The van der Waals surface area contributed by atoms with Gasteiger partial charge in [-0.05, 0) is 43.0 Å². The largest absolute Gasteiger partial charge is 0.343 e. The van der Waals surface area contributed by atoms with Gasteiger partial charge in [0.25, 0.3) is 5.91 Å². The number of rotatable bonds is 4. The van der Waals surface area contributed by atoms with Crippen molar-refractivity contribution in [1.29, 1.82) is 0 Å². The second-order valence-corrected chi connectivity index (χ2v) is 8.67. The SMILES string of the molecule is O=C(CCN1C(=O)/C(=C\c2cccc(Br)c2)SC1=S)N1CCCCC1. The van der Waals surface area contributed by atoms with Crippen LogP contribution in [0.3, 0.4) is 0 Å². The minimum Gasteiger partial charge on any atom is -0.343 e. The highest BCUT2D eigenvalue weighted by molar-refractivity contribution is 9.10. The summed E-state index contributed by atoms with van der Waals surface area (Å²) < 4.78 is 1.49. The third-order valence-corrected chi connectivity index (χ3v) is 6.15. The number of thiocarbonyl (C=S) groups is 1. The zero-order chi connectivity index (χ0) is 17.8. The molecule has 1 aromatic rings. The lowest BCUT2D eigenvalue weighted by Crippen LogP contribution is -2.38. The van der Waals surface area contributed by atoms with Crippen molar-refractivity contribution in [2.75, 3.05) is 19.6 Å². The third-order valence-electron chi connectivity index (χ3n) is 4.28. The molecule has 0 saturated carbocycles. The molecule has 0 radical (unpaired) electrons. The number of amides is 2. The smallest absolute Gasteiger partial charge is 0.266 e. The summed E-state index contributed by atoms with van der Waals surface area (Å²) in [7, 11) is 0. The van der Waals surface area contributed by atoms with Gasteiger partial charge >= 0.3 is 0 Å². The van der Waals surface area contributed by atoms with Gasteiger partial charge in [0.1, 0.15) is 4.32 Å². The Morgan fingerprint density at radius 1 is 1.28 bits per heavy atom. The fourth-order valence-electron chi connectivity index (χ4n) is 2.95. The topological polar surface area (TPSA) is 40.6 Å². The fraction of sp³-hybridized carbons (Fsp3) is 0.389. The van der Waals surface area contributed by atoms with Crippen LogP contribution in [-0.4, -0.2) is 45.6 Å². The predicted octanol–water partition coefficient (Wildman–Crippen LogP) is 4.05. The molecule has 2 fully saturated rings. The van der Waals surface area contributed by atoms with Crippen molar-refractivity contribution in [3.63, 3.8) is 0 Å². The molecule has 2 aliphatic heterocycles. The molecule has 0 bridgehead atoms. The van der Waals surface area contributed by atoms with Gasteiger partial charge < -0.3 is 4.90 Å². The molecule has 0 spiro atoms. The number of likely N-dealkylation sites (tertiary alicyclic amines) is 1. The van der Waals surface area contributed by atoms with Crippen LogP contribution >= 0.6 is 39.9 Å². The van der Waals surface area contributed by atoms with E-state index < -0.39 is 0 Å². The molecule has 2 aliphatic rings. The summed E-state index contributed by atoms with van der Waals surface area (Å²) >= 11 is 10.1. The van der Waals surface area contributed by atoms with E-state index in [-0.39, 0.29) is 11.8 Å². The molecule has 0 N–H and O–H groups in total. The number of carbonyl (C=O) groups excluding carboxylic acids is 2. The summed E-state index contributed by atoms with van der Waals surface area (Å²) in [6.45, 7) is 2.02. The van der Waals surface area contributed by atoms with Gasteiger partial charge in [-0.1, -0.05) is 52.0 Å². The monoisotopic (exact) mass is 438 g/mol. The van der Waals surface area contributed by atoms with Crippen molar-refractivity contribution >= 4 is 62.1 Å². The molecule has 7 heteroatoms. The first-order valence-corrected chi connectivity index (χ1v) is 10.3. The highest BCUT2D eigenvalue weighted by Crippen LogP contribution is 2.33. The average Bonchev–Trinajstić information content (AvgIpc) is 2.87. The third kappa shape index (κ3) is 4.71. The summed E-state index contributed by atoms with van der Waals surface area (Å²) in [5, 5.41) is 0. The fourth-order valence-corrected chi connectivity index (χ4v) is 4.67. The summed E-state index contributed by atoms with van der Waals surface area (Å²) in [6, 6.07) is 7.76. The highest BCUT2D eigenvalue weighted by Gasteiger charge is 2.32. The van der Waals surface area contributed by atoms with Crippen LogP contribution in [0.4, 0.5) is 0 Å². The Balaban J connectivity index is 1.62. The standard InChI is InChI=1S/C18H19BrN2O2S2/c19-14-6-4-5-13(11-14)12-15-17(23)21(18(24)25-15)10-7-16(22)20-8-2-1-3-9-20/h4-6,11-12H,1-3,7-10H2/b15-12+. The highest BCUT2D eigenvalue weighted by atomic mass is 79.9. The molecule has 1 aromatic carbocycles. The molecule has 0 atom stereocenters. The Morgan fingerprint density at radius 3 is 2.76 bits per heavy atom. The maximum Gasteiger partial charge on any atom is 0.266 e.